The van der Waals surface area contributed by atoms with Gasteiger partial charge in [0.15, 0.2) is 0 Å². The molecule has 1 aromatic rings. The molecule has 0 heterocycles. The molecule has 22 heavy (non-hydrogen) atoms. The highest BCUT2D eigenvalue weighted by atomic mass is 32.2. The van der Waals surface area contributed by atoms with E-state index < -0.39 is 16.1 Å². The van der Waals surface area contributed by atoms with E-state index in [1.807, 2.05) is 6.92 Å². The first-order valence-electron chi connectivity index (χ1n) is 7.81. The van der Waals surface area contributed by atoms with Crippen molar-refractivity contribution in [3.8, 4) is 0 Å². The van der Waals surface area contributed by atoms with Crippen LogP contribution in [0.5, 0.6) is 0 Å². The lowest BCUT2D eigenvalue weighted by Crippen LogP contribution is -2.48. The second kappa shape index (κ2) is 7.24. The van der Waals surface area contributed by atoms with Gasteiger partial charge in [0.05, 0.1) is 4.90 Å². The summed E-state index contributed by atoms with van der Waals surface area (Å²) in [4.78, 5) is 12.4. The smallest absolute Gasteiger partial charge is 0.241 e. The SMILES string of the molecule is CC[C@@H](NS(=O)(=O)c1ccc(C)cc1)C(=O)NC1CCCC1. The summed E-state index contributed by atoms with van der Waals surface area (Å²) in [6.45, 7) is 3.70. The summed E-state index contributed by atoms with van der Waals surface area (Å²) < 4.78 is 27.2. The van der Waals surface area contributed by atoms with E-state index in [1.54, 1.807) is 31.2 Å². The van der Waals surface area contributed by atoms with Crippen LogP contribution in [0.2, 0.25) is 0 Å². The van der Waals surface area contributed by atoms with Crippen LogP contribution in [0.25, 0.3) is 0 Å². The van der Waals surface area contributed by atoms with Gasteiger partial charge in [-0.05, 0) is 38.3 Å². The Morgan fingerprint density at radius 3 is 2.36 bits per heavy atom. The van der Waals surface area contributed by atoms with Gasteiger partial charge in [-0.15, -0.1) is 0 Å². The van der Waals surface area contributed by atoms with Crippen LogP contribution in [0.15, 0.2) is 29.2 Å². The summed E-state index contributed by atoms with van der Waals surface area (Å²) in [5, 5.41) is 2.95. The zero-order valence-electron chi connectivity index (χ0n) is 13.1. The quantitative estimate of drug-likeness (QED) is 0.841. The molecule has 0 aromatic heterocycles. The van der Waals surface area contributed by atoms with Gasteiger partial charge in [-0.1, -0.05) is 37.5 Å². The molecule has 0 saturated heterocycles. The molecule has 6 heteroatoms. The Hall–Kier alpha value is -1.40. The van der Waals surface area contributed by atoms with Gasteiger partial charge in [-0.25, -0.2) is 8.42 Å². The van der Waals surface area contributed by atoms with Crippen LogP contribution in [0, 0.1) is 6.92 Å². The van der Waals surface area contributed by atoms with Crippen molar-refractivity contribution in [2.24, 2.45) is 0 Å². The zero-order valence-corrected chi connectivity index (χ0v) is 13.9. The molecule has 1 aliphatic rings. The van der Waals surface area contributed by atoms with Gasteiger partial charge in [0, 0.05) is 6.04 Å². The Morgan fingerprint density at radius 1 is 1.23 bits per heavy atom. The molecule has 0 unspecified atom stereocenters. The number of benzene rings is 1. The lowest BCUT2D eigenvalue weighted by molar-refractivity contribution is -0.123. The number of carbonyl (C=O) groups excluding carboxylic acids is 1. The lowest BCUT2D eigenvalue weighted by Gasteiger charge is -2.20. The third kappa shape index (κ3) is 4.30. The van der Waals surface area contributed by atoms with Gasteiger partial charge >= 0.3 is 0 Å². The maximum absolute atomic E-state index is 12.4. The number of carbonyl (C=O) groups is 1. The normalized spacial score (nSPS) is 17.4. The van der Waals surface area contributed by atoms with Crippen LogP contribution in [-0.4, -0.2) is 26.4 Å². The van der Waals surface area contributed by atoms with Crippen LogP contribution in [0.4, 0.5) is 0 Å². The molecular weight excluding hydrogens is 300 g/mol. The summed E-state index contributed by atoms with van der Waals surface area (Å²) in [6.07, 6.45) is 4.62. The summed E-state index contributed by atoms with van der Waals surface area (Å²) in [6, 6.07) is 6.05. The highest BCUT2D eigenvalue weighted by Crippen LogP contribution is 2.18. The van der Waals surface area contributed by atoms with E-state index in [2.05, 4.69) is 10.0 Å². The molecule has 1 fully saturated rings. The molecule has 1 aromatic carbocycles. The van der Waals surface area contributed by atoms with Gasteiger partial charge in [-0.3, -0.25) is 4.79 Å². The Balaban J connectivity index is 2.04. The second-order valence-corrected chi connectivity index (χ2v) is 7.60. The number of nitrogens with one attached hydrogen (secondary N) is 2. The molecule has 122 valence electrons. The van der Waals surface area contributed by atoms with Crippen LogP contribution in [0.3, 0.4) is 0 Å². The molecule has 0 spiro atoms. The van der Waals surface area contributed by atoms with Crippen molar-refractivity contribution in [2.75, 3.05) is 0 Å². The number of sulfonamides is 1. The summed E-state index contributed by atoms with van der Waals surface area (Å²) in [5.74, 6) is -0.231. The van der Waals surface area contributed by atoms with E-state index in [4.69, 9.17) is 0 Å². The van der Waals surface area contributed by atoms with E-state index in [9.17, 15) is 13.2 Å². The minimum absolute atomic E-state index is 0.185. The Morgan fingerprint density at radius 2 is 1.82 bits per heavy atom. The van der Waals surface area contributed by atoms with Crippen LogP contribution in [0.1, 0.15) is 44.6 Å². The van der Waals surface area contributed by atoms with Crippen molar-refractivity contribution < 1.29 is 13.2 Å². The first-order chi connectivity index (χ1) is 10.4. The average Bonchev–Trinajstić information content (AvgIpc) is 2.98. The van der Waals surface area contributed by atoms with Gasteiger partial charge < -0.3 is 5.32 Å². The second-order valence-electron chi connectivity index (χ2n) is 5.89. The molecule has 0 radical (unpaired) electrons. The van der Waals surface area contributed by atoms with Crippen molar-refractivity contribution in [3.63, 3.8) is 0 Å². The molecule has 2 N–H and O–H groups in total. The minimum Gasteiger partial charge on any atom is -0.352 e. The molecule has 1 atom stereocenters. The lowest BCUT2D eigenvalue weighted by atomic mass is 10.2. The Bertz CT molecular complexity index is 605. The maximum atomic E-state index is 12.4. The standard InChI is InChI=1S/C16H24N2O3S/c1-3-15(16(19)17-13-6-4-5-7-13)18-22(20,21)14-10-8-12(2)9-11-14/h8-11,13,15,18H,3-7H2,1-2H3,(H,17,19)/t15-/m1/s1. The summed E-state index contributed by atoms with van der Waals surface area (Å²) in [7, 11) is -3.68. The molecule has 2 rings (SSSR count). The van der Waals surface area contributed by atoms with E-state index >= 15 is 0 Å². The van der Waals surface area contributed by atoms with Crippen LogP contribution >= 0.6 is 0 Å². The van der Waals surface area contributed by atoms with Crippen molar-refractivity contribution >= 4 is 15.9 Å². The largest absolute Gasteiger partial charge is 0.352 e. The predicted molar refractivity (Wildman–Crippen MR) is 86.0 cm³/mol. The van der Waals surface area contributed by atoms with E-state index in [0.29, 0.717) is 6.42 Å². The predicted octanol–water partition coefficient (Wildman–Crippen LogP) is 2.11. The number of hydrogen-bond acceptors (Lipinski definition) is 3. The fraction of sp³-hybridized carbons (Fsp3) is 0.562. The molecule has 0 aliphatic heterocycles. The highest BCUT2D eigenvalue weighted by molar-refractivity contribution is 7.89. The zero-order chi connectivity index (χ0) is 16.2. The molecule has 1 amide bonds. The van der Waals surface area contributed by atoms with Gasteiger partial charge in [0.25, 0.3) is 0 Å². The average molecular weight is 324 g/mol. The molecule has 0 bridgehead atoms. The fourth-order valence-corrected chi connectivity index (χ4v) is 3.95. The highest BCUT2D eigenvalue weighted by Gasteiger charge is 2.26. The van der Waals surface area contributed by atoms with Gasteiger partial charge in [0.2, 0.25) is 15.9 Å². The van der Waals surface area contributed by atoms with Crippen LogP contribution in [-0.2, 0) is 14.8 Å². The summed E-state index contributed by atoms with van der Waals surface area (Å²) in [5.41, 5.74) is 0.991. The van der Waals surface area contributed by atoms with Gasteiger partial charge in [0.1, 0.15) is 6.04 Å². The monoisotopic (exact) mass is 324 g/mol. The van der Waals surface area contributed by atoms with Crippen molar-refractivity contribution in [2.45, 2.75) is 62.9 Å². The molecule has 1 aliphatic carbocycles. The first kappa shape index (κ1) is 17.0. The van der Waals surface area contributed by atoms with E-state index in [-0.39, 0.29) is 16.8 Å². The fourth-order valence-electron chi connectivity index (χ4n) is 2.67. The molecule has 1 saturated carbocycles. The van der Waals surface area contributed by atoms with Gasteiger partial charge in [-0.2, -0.15) is 4.72 Å². The number of rotatable bonds is 6. The van der Waals surface area contributed by atoms with Crippen molar-refractivity contribution in [1.82, 2.24) is 10.0 Å². The van der Waals surface area contributed by atoms with Crippen molar-refractivity contribution in [1.29, 1.82) is 0 Å². The topological polar surface area (TPSA) is 75.3 Å². The number of hydrogen-bond donors (Lipinski definition) is 2. The van der Waals surface area contributed by atoms with Crippen molar-refractivity contribution in [3.05, 3.63) is 29.8 Å². The molecule has 5 nitrogen and oxygen atoms in total. The number of amides is 1. The molecular formula is C16H24N2O3S. The number of aryl methyl sites for hydroxylation is 1. The van der Waals surface area contributed by atoms with E-state index in [1.165, 1.54) is 0 Å². The first-order valence-corrected chi connectivity index (χ1v) is 9.30. The third-order valence-corrected chi connectivity index (χ3v) is 5.54. The van der Waals surface area contributed by atoms with Crippen LogP contribution < -0.4 is 10.0 Å². The minimum atomic E-state index is -3.68. The summed E-state index contributed by atoms with van der Waals surface area (Å²) >= 11 is 0. The Labute approximate surface area is 132 Å². The van der Waals surface area contributed by atoms with E-state index in [0.717, 1.165) is 31.2 Å². The third-order valence-electron chi connectivity index (χ3n) is 4.05. The Kier molecular flexibility index (Phi) is 5.58. The maximum Gasteiger partial charge on any atom is 0.241 e.